The lowest BCUT2D eigenvalue weighted by atomic mass is 10.2. The first-order valence-corrected chi connectivity index (χ1v) is 4.41. The highest BCUT2D eigenvalue weighted by molar-refractivity contribution is 5.95. The van der Waals surface area contributed by atoms with Crippen LogP contribution in [0.2, 0.25) is 0 Å². The van der Waals surface area contributed by atoms with E-state index in [-0.39, 0.29) is 0 Å². The first-order valence-electron chi connectivity index (χ1n) is 4.41. The molecule has 0 bridgehead atoms. The highest BCUT2D eigenvalue weighted by Crippen LogP contribution is 2.08. The van der Waals surface area contributed by atoms with Crippen molar-refractivity contribution in [3.05, 3.63) is 36.2 Å². The van der Waals surface area contributed by atoms with Crippen LogP contribution in [0.3, 0.4) is 0 Å². The number of pyridine rings is 1. The van der Waals surface area contributed by atoms with Gasteiger partial charge in [0.1, 0.15) is 6.61 Å². The van der Waals surface area contributed by atoms with Crippen LogP contribution < -0.4 is 5.73 Å². The van der Waals surface area contributed by atoms with E-state index in [2.05, 4.69) is 9.98 Å². The molecule has 14 heavy (non-hydrogen) atoms. The molecule has 0 spiro atoms. The van der Waals surface area contributed by atoms with Crippen molar-refractivity contribution in [3.63, 3.8) is 0 Å². The number of aliphatic imine (C=N–C) groups is 1. The van der Waals surface area contributed by atoms with Gasteiger partial charge in [-0.2, -0.15) is 0 Å². The predicted octanol–water partition coefficient (Wildman–Crippen LogP) is 0.810. The molecule has 4 heteroatoms. The van der Waals surface area contributed by atoms with Crippen LogP contribution in [0.4, 0.5) is 0 Å². The lowest BCUT2D eigenvalue weighted by Crippen LogP contribution is -2.02. The van der Waals surface area contributed by atoms with E-state index in [4.69, 9.17) is 10.5 Å². The largest absolute Gasteiger partial charge is 0.476 e. The lowest BCUT2D eigenvalue weighted by molar-refractivity contribution is 0.350. The Balaban J connectivity index is 2.19. The quantitative estimate of drug-likeness (QED) is 0.748. The molecule has 2 rings (SSSR count). The van der Waals surface area contributed by atoms with Gasteiger partial charge in [-0.05, 0) is 12.1 Å². The number of rotatable bonds is 2. The summed E-state index contributed by atoms with van der Waals surface area (Å²) in [5.74, 6) is 0.610. The normalized spacial score (nSPS) is 16.3. The highest BCUT2D eigenvalue weighted by Gasteiger charge is 2.05. The van der Waals surface area contributed by atoms with Gasteiger partial charge in [0.05, 0.1) is 6.54 Å². The standard InChI is InChI=1S/C10H11N3O/c11-9(7-10-13-5-6-14-10)8-1-3-12-4-2-8/h1-4,7H,5-6,11H2/b9-7+. The lowest BCUT2D eigenvalue weighted by Gasteiger charge is -2.00. The van der Waals surface area contributed by atoms with E-state index in [1.54, 1.807) is 18.5 Å². The monoisotopic (exact) mass is 189 g/mol. The van der Waals surface area contributed by atoms with E-state index in [0.29, 0.717) is 18.2 Å². The maximum absolute atomic E-state index is 5.85. The summed E-state index contributed by atoms with van der Waals surface area (Å²) >= 11 is 0. The number of hydrogen-bond acceptors (Lipinski definition) is 4. The van der Waals surface area contributed by atoms with E-state index in [1.165, 1.54) is 0 Å². The number of ether oxygens (including phenoxy) is 1. The van der Waals surface area contributed by atoms with Crippen molar-refractivity contribution in [1.29, 1.82) is 0 Å². The fraction of sp³-hybridized carbons (Fsp3) is 0.200. The van der Waals surface area contributed by atoms with Gasteiger partial charge in [0.15, 0.2) is 0 Å². The van der Waals surface area contributed by atoms with Gasteiger partial charge in [-0.25, -0.2) is 4.99 Å². The zero-order valence-corrected chi connectivity index (χ0v) is 7.68. The molecule has 4 nitrogen and oxygen atoms in total. The average molecular weight is 189 g/mol. The summed E-state index contributed by atoms with van der Waals surface area (Å²) in [6.07, 6.45) is 5.14. The van der Waals surface area contributed by atoms with Crippen LogP contribution in [-0.2, 0) is 4.74 Å². The molecular formula is C10H11N3O. The molecule has 0 saturated carbocycles. The smallest absolute Gasteiger partial charge is 0.210 e. The van der Waals surface area contributed by atoms with Crippen LogP contribution in [-0.4, -0.2) is 24.0 Å². The van der Waals surface area contributed by atoms with Crippen LogP contribution in [0.1, 0.15) is 5.56 Å². The molecule has 0 radical (unpaired) electrons. The molecular weight excluding hydrogens is 178 g/mol. The van der Waals surface area contributed by atoms with Crippen LogP contribution in [0.5, 0.6) is 0 Å². The third kappa shape index (κ3) is 1.90. The zero-order chi connectivity index (χ0) is 9.80. The summed E-state index contributed by atoms with van der Waals surface area (Å²) in [6, 6.07) is 3.70. The van der Waals surface area contributed by atoms with Crippen LogP contribution in [0.15, 0.2) is 35.6 Å². The van der Waals surface area contributed by atoms with Crippen LogP contribution in [0, 0.1) is 0 Å². The van der Waals surface area contributed by atoms with E-state index in [9.17, 15) is 0 Å². The van der Waals surface area contributed by atoms with Crippen molar-refractivity contribution in [3.8, 4) is 0 Å². The second kappa shape index (κ2) is 3.91. The summed E-state index contributed by atoms with van der Waals surface area (Å²) in [4.78, 5) is 8.04. The molecule has 2 heterocycles. The molecule has 1 aromatic heterocycles. The molecule has 0 aromatic carbocycles. The fourth-order valence-electron chi connectivity index (χ4n) is 1.20. The molecule has 1 aliphatic heterocycles. The highest BCUT2D eigenvalue weighted by atomic mass is 16.5. The van der Waals surface area contributed by atoms with E-state index in [0.717, 1.165) is 12.1 Å². The Kier molecular flexibility index (Phi) is 2.44. The van der Waals surface area contributed by atoms with Gasteiger partial charge < -0.3 is 10.5 Å². The van der Waals surface area contributed by atoms with Crippen molar-refractivity contribution < 1.29 is 4.74 Å². The Hall–Kier alpha value is -1.84. The molecule has 0 amide bonds. The summed E-state index contributed by atoms with van der Waals surface area (Å²) in [5.41, 5.74) is 7.42. The Morgan fingerprint density at radius 2 is 2.21 bits per heavy atom. The molecule has 1 aliphatic rings. The average Bonchev–Trinajstić information content (AvgIpc) is 2.72. The number of nitrogens with two attached hydrogens (primary N) is 1. The van der Waals surface area contributed by atoms with Crippen LogP contribution in [0.25, 0.3) is 5.70 Å². The van der Waals surface area contributed by atoms with Gasteiger partial charge in [0.2, 0.25) is 5.90 Å². The molecule has 0 atom stereocenters. The SMILES string of the molecule is N/C(=C/C1=NCCO1)c1ccncc1. The van der Waals surface area contributed by atoms with Crippen molar-refractivity contribution in [1.82, 2.24) is 4.98 Å². The number of aromatic nitrogens is 1. The maximum atomic E-state index is 5.85. The maximum Gasteiger partial charge on any atom is 0.210 e. The Bertz CT molecular complexity index is 370. The van der Waals surface area contributed by atoms with Gasteiger partial charge in [-0.3, -0.25) is 4.98 Å². The zero-order valence-electron chi connectivity index (χ0n) is 7.68. The second-order valence-corrected chi connectivity index (χ2v) is 2.90. The topological polar surface area (TPSA) is 60.5 Å². The Morgan fingerprint density at radius 1 is 1.43 bits per heavy atom. The van der Waals surface area contributed by atoms with Gasteiger partial charge >= 0.3 is 0 Å². The number of nitrogens with zero attached hydrogens (tertiary/aromatic N) is 2. The van der Waals surface area contributed by atoms with Crippen LogP contribution >= 0.6 is 0 Å². The minimum Gasteiger partial charge on any atom is -0.476 e. The van der Waals surface area contributed by atoms with E-state index in [1.807, 2.05) is 12.1 Å². The third-order valence-corrected chi connectivity index (χ3v) is 1.90. The summed E-state index contributed by atoms with van der Waals surface area (Å²) in [5, 5.41) is 0. The minimum atomic E-state index is 0.610. The first kappa shape index (κ1) is 8.74. The molecule has 72 valence electrons. The molecule has 2 N–H and O–H groups in total. The fourth-order valence-corrected chi connectivity index (χ4v) is 1.20. The molecule has 0 unspecified atom stereocenters. The van der Waals surface area contributed by atoms with Crippen molar-refractivity contribution in [2.24, 2.45) is 10.7 Å². The van der Waals surface area contributed by atoms with Crippen molar-refractivity contribution >= 4 is 11.6 Å². The molecule has 0 aliphatic carbocycles. The summed E-state index contributed by atoms with van der Waals surface area (Å²) in [7, 11) is 0. The summed E-state index contributed by atoms with van der Waals surface area (Å²) < 4.78 is 5.22. The van der Waals surface area contributed by atoms with Gasteiger partial charge in [-0.15, -0.1) is 0 Å². The predicted molar refractivity (Wildman–Crippen MR) is 54.7 cm³/mol. The second-order valence-electron chi connectivity index (χ2n) is 2.90. The van der Waals surface area contributed by atoms with Gasteiger partial charge in [-0.1, -0.05) is 0 Å². The van der Waals surface area contributed by atoms with Crippen molar-refractivity contribution in [2.45, 2.75) is 0 Å². The van der Waals surface area contributed by atoms with Crippen molar-refractivity contribution in [2.75, 3.05) is 13.2 Å². The van der Waals surface area contributed by atoms with Gasteiger partial charge in [0, 0.05) is 29.7 Å². The van der Waals surface area contributed by atoms with Gasteiger partial charge in [0.25, 0.3) is 0 Å². The van der Waals surface area contributed by atoms with E-state index >= 15 is 0 Å². The number of hydrogen-bond donors (Lipinski definition) is 1. The molecule has 0 saturated heterocycles. The Morgan fingerprint density at radius 3 is 2.86 bits per heavy atom. The minimum absolute atomic E-state index is 0.610. The van der Waals surface area contributed by atoms with E-state index < -0.39 is 0 Å². The molecule has 0 fully saturated rings. The summed E-state index contributed by atoms with van der Waals surface area (Å²) in [6.45, 7) is 1.37. The third-order valence-electron chi connectivity index (χ3n) is 1.90. The molecule has 1 aromatic rings. The first-order chi connectivity index (χ1) is 6.86. The Labute approximate surface area is 82.1 Å².